The zero-order valence-electron chi connectivity index (χ0n) is 8.14. The van der Waals surface area contributed by atoms with Gasteiger partial charge in [0.2, 0.25) is 0 Å². The van der Waals surface area contributed by atoms with Gasteiger partial charge < -0.3 is 15.9 Å². The van der Waals surface area contributed by atoms with Crippen LogP contribution < -0.4 is 17.1 Å². The Hall–Kier alpha value is -1.65. The molecule has 2 aromatic rings. The van der Waals surface area contributed by atoms with E-state index in [1.54, 1.807) is 12.1 Å². The second-order valence-corrected chi connectivity index (χ2v) is 3.39. The number of fused-ring (bicyclic) bond motifs is 1. The van der Waals surface area contributed by atoms with Gasteiger partial charge in [-0.15, -0.1) is 0 Å². The van der Waals surface area contributed by atoms with Gasteiger partial charge in [0, 0.05) is 24.0 Å². The standard InChI is InChI=1S/C11H12N2O2/c12-6-9(13)7-1-3-10-8(5-7)2-4-11(14)15-10/h1-5,9H,6,12-13H2/t9-/m0/s1. The van der Waals surface area contributed by atoms with Crippen LogP contribution in [0.25, 0.3) is 11.0 Å². The van der Waals surface area contributed by atoms with Crippen LogP contribution in [-0.2, 0) is 0 Å². The zero-order valence-corrected chi connectivity index (χ0v) is 8.14. The molecule has 0 aliphatic heterocycles. The van der Waals surface area contributed by atoms with Crippen LogP contribution in [0.1, 0.15) is 11.6 Å². The van der Waals surface area contributed by atoms with Gasteiger partial charge in [-0.3, -0.25) is 0 Å². The molecule has 0 fully saturated rings. The molecule has 4 N–H and O–H groups in total. The molecule has 0 unspecified atom stereocenters. The lowest BCUT2D eigenvalue weighted by Crippen LogP contribution is -2.20. The predicted octanol–water partition coefficient (Wildman–Crippen LogP) is 0.751. The van der Waals surface area contributed by atoms with E-state index in [2.05, 4.69) is 0 Å². The van der Waals surface area contributed by atoms with E-state index < -0.39 is 0 Å². The smallest absolute Gasteiger partial charge is 0.336 e. The summed E-state index contributed by atoms with van der Waals surface area (Å²) in [5.41, 5.74) is 12.4. The maximum Gasteiger partial charge on any atom is 0.336 e. The summed E-state index contributed by atoms with van der Waals surface area (Å²) in [6.07, 6.45) is 0. The molecule has 1 aromatic heterocycles. The molecular weight excluding hydrogens is 192 g/mol. The fraction of sp³-hybridized carbons (Fsp3) is 0.182. The molecule has 0 spiro atoms. The van der Waals surface area contributed by atoms with Crippen LogP contribution in [0.15, 0.2) is 39.5 Å². The van der Waals surface area contributed by atoms with Gasteiger partial charge in [0.05, 0.1) is 0 Å². The highest BCUT2D eigenvalue weighted by Gasteiger charge is 2.05. The third kappa shape index (κ3) is 1.91. The summed E-state index contributed by atoms with van der Waals surface area (Å²) in [7, 11) is 0. The Morgan fingerprint density at radius 1 is 1.27 bits per heavy atom. The Morgan fingerprint density at radius 2 is 2.07 bits per heavy atom. The van der Waals surface area contributed by atoms with E-state index in [0.29, 0.717) is 12.1 Å². The van der Waals surface area contributed by atoms with E-state index in [9.17, 15) is 4.79 Å². The minimum absolute atomic E-state index is 0.179. The van der Waals surface area contributed by atoms with Crippen molar-refractivity contribution in [2.45, 2.75) is 6.04 Å². The van der Waals surface area contributed by atoms with Gasteiger partial charge in [0.15, 0.2) is 0 Å². The summed E-state index contributed by atoms with van der Waals surface area (Å²) >= 11 is 0. The second-order valence-electron chi connectivity index (χ2n) is 3.39. The van der Waals surface area contributed by atoms with Crippen molar-refractivity contribution in [3.63, 3.8) is 0 Å². The van der Waals surface area contributed by atoms with Crippen molar-refractivity contribution in [3.8, 4) is 0 Å². The summed E-state index contributed by atoms with van der Waals surface area (Å²) < 4.78 is 5.00. The molecule has 0 amide bonds. The minimum atomic E-state index is -0.349. The van der Waals surface area contributed by atoms with Gasteiger partial charge in [-0.1, -0.05) is 6.07 Å². The highest BCUT2D eigenvalue weighted by atomic mass is 16.4. The van der Waals surface area contributed by atoms with Crippen LogP contribution in [0.4, 0.5) is 0 Å². The average Bonchev–Trinajstić information content (AvgIpc) is 2.27. The molecule has 0 bridgehead atoms. The Bertz CT molecular complexity index is 533. The van der Waals surface area contributed by atoms with Crippen LogP contribution in [-0.4, -0.2) is 6.54 Å². The minimum Gasteiger partial charge on any atom is -0.423 e. The molecule has 78 valence electrons. The van der Waals surface area contributed by atoms with Crippen molar-refractivity contribution in [2.75, 3.05) is 6.54 Å². The fourth-order valence-corrected chi connectivity index (χ4v) is 1.46. The van der Waals surface area contributed by atoms with Crippen molar-refractivity contribution < 1.29 is 4.42 Å². The first-order chi connectivity index (χ1) is 7.20. The molecule has 0 aliphatic carbocycles. The van der Waals surface area contributed by atoms with Crippen LogP contribution in [0.3, 0.4) is 0 Å². The molecule has 0 saturated carbocycles. The van der Waals surface area contributed by atoms with Crippen molar-refractivity contribution in [1.29, 1.82) is 0 Å². The van der Waals surface area contributed by atoms with Gasteiger partial charge in [0.25, 0.3) is 0 Å². The molecule has 4 heteroatoms. The van der Waals surface area contributed by atoms with E-state index in [1.165, 1.54) is 6.07 Å². The van der Waals surface area contributed by atoms with Crippen molar-refractivity contribution >= 4 is 11.0 Å². The van der Waals surface area contributed by atoms with Crippen LogP contribution in [0.2, 0.25) is 0 Å². The van der Waals surface area contributed by atoms with E-state index in [-0.39, 0.29) is 11.7 Å². The molecule has 4 nitrogen and oxygen atoms in total. The third-order valence-corrected chi connectivity index (χ3v) is 2.33. The molecule has 0 saturated heterocycles. The lowest BCUT2D eigenvalue weighted by atomic mass is 10.1. The van der Waals surface area contributed by atoms with E-state index in [4.69, 9.17) is 15.9 Å². The molecule has 0 aliphatic rings. The lowest BCUT2D eigenvalue weighted by molar-refractivity contribution is 0.560. The van der Waals surface area contributed by atoms with Crippen molar-refractivity contribution in [1.82, 2.24) is 0 Å². The largest absolute Gasteiger partial charge is 0.423 e. The number of hydrogen-bond acceptors (Lipinski definition) is 4. The zero-order chi connectivity index (χ0) is 10.8. The summed E-state index contributed by atoms with van der Waals surface area (Å²) in [5, 5.41) is 0.857. The fourth-order valence-electron chi connectivity index (χ4n) is 1.46. The Morgan fingerprint density at radius 3 is 2.80 bits per heavy atom. The Labute approximate surface area is 86.5 Å². The molecule has 0 radical (unpaired) electrons. The van der Waals surface area contributed by atoms with Crippen molar-refractivity contribution in [2.24, 2.45) is 11.5 Å². The topological polar surface area (TPSA) is 82.2 Å². The first-order valence-corrected chi connectivity index (χ1v) is 4.70. The molecule has 2 rings (SSSR count). The van der Waals surface area contributed by atoms with Gasteiger partial charge in [0.1, 0.15) is 5.58 Å². The highest BCUT2D eigenvalue weighted by Crippen LogP contribution is 2.17. The van der Waals surface area contributed by atoms with E-state index >= 15 is 0 Å². The number of nitrogens with two attached hydrogens (primary N) is 2. The normalized spacial score (nSPS) is 12.9. The van der Waals surface area contributed by atoms with Gasteiger partial charge in [-0.25, -0.2) is 4.79 Å². The average molecular weight is 204 g/mol. The van der Waals surface area contributed by atoms with Crippen LogP contribution >= 0.6 is 0 Å². The van der Waals surface area contributed by atoms with Gasteiger partial charge in [-0.05, 0) is 23.8 Å². The monoisotopic (exact) mass is 204 g/mol. The third-order valence-electron chi connectivity index (χ3n) is 2.33. The SMILES string of the molecule is NC[C@H](N)c1ccc2oc(=O)ccc2c1. The number of benzene rings is 1. The lowest BCUT2D eigenvalue weighted by Gasteiger charge is -2.09. The maximum absolute atomic E-state index is 10.9. The first-order valence-electron chi connectivity index (χ1n) is 4.70. The molecule has 1 aromatic carbocycles. The molecule has 1 heterocycles. The Kier molecular flexibility index (Phi) is 2.53. The number of rotatable bonds is 2. The van der Waals surface area contributed by atoms with Crippen LogP contribution in [0.5, 0.6) is 0 Å². The highest BCUT2D eigenvalue weighted by molar-refractivity contribution is 5.77. The first kappa shape index (κ1) is 9.89. The second kappa shape index (κ2) is 3.84. The summed E-state index contributed by atoms with van der Waals surface area (Å²) in [6.45, 7) is 0.391. The molecule has 1 atom stereocenters. The quantitative estimate of drug-likeness (QED) is 0.707. The number of hydrogen-bond donors (Lipinski definition) is 2. The van der Waals surface area contributed by atoms with Crippen molar-refractivity contribution in [3.05, 3.63) is 46.3 Å². The van der Waals surface area contributed by atoms with E-state index in [1.807, 2.05) is 12.1 Å². The maximum atomic E-state index is 10.9. The predicted molar refractivity (Wildman–Crippen MR) is 58.5 cm³/mol. The molecule has 15 heavy (non-hydrogen) atoms. The Balaban J connectivity index is 2.57. The van der Waals surface area contributed by atoms with Gasteiger partial charge >= 0.3 is 5.63 Å². The van der Waals surface area contributed by atoms with Gasteiger partial charge in [-0.2, -0.15) is 0 Å². The summed E-state index contributed by atoms with van der Waals surface area (Å²) in [6, 6.07) is 8.37. The molecular formula is C11H12N2O2. The summed E-state index contributed by atoms with van der Waals surface area (Å²) in [5.74, 6) is 0. The van der Waals surface area contributed by atoms with E-state index in [0.717, 1.165) is 10.9 Å². The van der Waals surface area contributed by atoms with Crippen LogP contribution in [0, 0.1) is 0 Å². The summed E-state index contributed by atoms with van der Waals surface area (Å²) in [4.78, 5) is 10.9.